The van der Waals surface area contributed by atoms with Crippen LogP contribution in [0, 0.1) is 5.92 Å². The van der Waals surface area contributed by atoms with Gasteiger partial charge in [-0.25, -0.2) is 4.79 Å². The maximum absolute atomic E-state index is 12.6. The van der Waals surface area contributed by atoms with Crippen molar-refractivity contribution in [2.45, 2.75) is 59.1 Å². The first-order valence-electron chi connectivity index (χ1n) is 9.39. The summed E-state index contributed by atoms with van der Waals surface area (Å²) >= 11 is 0. The van der Waals surface area contributed by atoms with Crippen molar-refractivity contribution in [2.24, 2.45) is 5.92 Å². The monoisotopic (exact) mass is 361 g/mol. The van der Waals surface area contributed by atoms with Crippen LogP contribution >= 0.6 is 0 Å². The number of hydrogen-bond donors (Lipinski definition) is 0. The topological polar surface area (TPSA) is 62.7 Å². The average Bonchev–Trinajstić information content (AvgIpc) is 2.57. The van der Waals surface area contributed by atoms with Crippen LogP contribution in [0.1, 0.15) is 52.5 Å². The third-order valence-corrected chi connectivity index (χ3v) is 4.38. The minimum Gasteiger partial charge on any atom is -0.444 e. The lowest BCUT2D eigenvalue weighted by Crippen LogP contribution is -2.42. The molecule has 6 heteroatoms. The zero-order valence-electron chi connectivity index (χ0n) is 16.4. The van der Waals surface area contributed by atoms with E-state index in [1.165, 1.54) is 6.42 Å². The first-order valence-corrected chi connectivity index (χ1v) is 9.39. The van der Waals surface area contributed by atoms with Gasteiger partial charge in [-0.3, -0.25) is 9.78 Å². The molecule has 1 aliphatic heterocycles. The molecule has 1 aromatic rings. The molecule has 6 nitrogen and oxygen atoms in total. The number of likely N-dealkylation sites (tertiary alicyclic amines) is 1. The Morgan fingerprint density at radius 2 is 2.00 bits per heavy atom. The Bertz CT molecular complexity index is 598. The second kappa shape index (κ2) is 9.01. The number of nitrogens with zero attached hydrogens (tertiary/aromatic N) is 3. The summed E-state index contributed by atoms with van der Waals surface area (Å²) in [7, 11) is 0. The van der Waals surface area contributed by atoms with E-state index in [1.807, 2.05) is 37.8 Å². The van der Waals surface area contributed by atoms with Crippen molar-refractivity contribution in [3.05, 3.63) is 30.1 Å². The van der Waals surface area contributed by atoms with Crippen LogP contribution in [0.3, 0.4) is 0 Å². The van der Waals surface area contributed by atoms with Gasteiger partial charge in [0, 0.05) is 45.0 Å². The number of hydrogen-bond acceptors (Lipinski definition) is 4. The van der Waals surface area contributed by atoms with E-state index in [0.717, 1.165) is 25.1 Å². The molecule has 26 heavy (non-hydrogen) atoms. The van der Waals surface area contributed by atoms with Crippen LogP contribution in [0.4, 0.5) is 4.79 Å². The highest BCUT2D eigenvalue weighted by Crippen LogP contribution is 2.17. The van der Waals surface area contributed by atoms with E-state index in [1.54, 1.807) is 17.3 Å². The molecular weight excluding hydrogens is 330 g/mol. The molecule has 2 heterocycles. The fraction of sp³-hybridized carbons (Fsp3) is 0.650. The quantitative estimate of drug-likeness (QED) is 0.806. The van der Waals surface area contributed by atoms with Crippen LogP contribution in [0.2, 0.25) is 0 Å². The summed E-state index contributed by atoms with van der Waals surface area (Å²) in [5.41, 5.74) is 0.393. The van der Waals surface area contributed by atoms with Crippen LogP contribution in [-0.4, -0.2) is 52.0 Å². The Balaban J connectivity index is 1.98. The molecule has 1 aliphatic rings. The van der Waals surface area contributed by atoms with Gasteiger partial charge in [-0.05, 0) is 57.2 Å². The summed E-state index contributed by atoms with van der Waals surface area (Å²) in [6, 6.07) is 3.73. The van der Waals surface area contributed by atoms with E-state index in [-0.39, 0.29) is 5.91 Å². The van der Waals surface area contributed by atoms with Gasteiger partial charge in [0.25, 0.3) is 0 Å². The molecule has 2 amide bonds. The van der Waals surface area contributed by atoms with Crippen molar-refractivity contribution in [3.63, 3.8) is 0 Å². The molecular formula is C20H31N3O3. The number of carbonyl (C=O) groups is 2. The first-order chi connectivity index (χ1) is 12.2. The van der Waals surface area contributed by atoms with Gasteiger partial charge in [0.05, 0.1) is 0 Å². The van der Waals surface area contributed by atoms with Gasteiger partial charge in [-0.1, -0.05) is 6.92 Å². The lowest BCUT2D eigenvalue weighted by molar-refractivity contribution is -0.133. The highest BCUT2D eigenvalue weighted by atomic mass is 16.6. The molecule has 0 radical (unpaired) electrons. The van der Waals surface area contributed by atoms with Crippen molar-refractivity contribution in [1.29, 1.82) is 0 Å². The number of pyridine rings is 1. The van der Waals surface area contributed by atoms with E-state index in [9.17, 15) is 9.59 Å². The number of piperidine rings is 1. The maximum atomic E-state index is 12.6. The molecule has 2 rings (SSSR count). The second-order valence-corrected chi connectivity index (χ2v) is 8.09. The molecule has 0 N–H and O–H groups in total. The smallest absolute Gasteiger partial charge is 0.410 e. The Morgan fingerprint density at radius 3 is 2.62 bits per heavy atom. The standard InChI is InChI=1S/C20H31N3O3/c1-16-6-5-12-22(14-16)18(24)9-13-23(19(25)26-20(2,3)4)15-17-7-10-21-11-8-17/h7-8,10-11,16H,5-6,9,12-15H2,1-4H3. The molecule has 0 bridgehead atoms. The van der Waals surface area contributed by atoms with Crippen molar-refractivity contribution in [3.8, 4) is 0 Å². The highest BCUT2D eigenvalue weighted by molar-refractivity contribution is 5.77. The lowest BCUT2D eigenvalue weighted by atomic mass is 10.00. The van der Waals surface area contributed by atoms with Gasteiger partial charge in [-0.2, -0.15) is 0 Å². The highest BCUT2D eigenvalue weighted by Gasteiger charge is 2.25. The molecule has 1 fully saturated rings. The summed E-state index contributed by atoms with van der Waals surface area (Å²) in [5, 5.41) is 0. The van der Waals surface area contributed by atoms with E-state index in [4.69, 9.17) is 4.74 Å². The SMILES string of the molecule is CC1CCCN(C(=O)CCN(Cc2ccncc2)C(=O)OC(C)(C)C)C1. The minimum atomic E-state index is -0.570. The van der Waals surface area contributed by atoms with Gasteiger partial charge in [0.2, 0.25) is 5.91 Å². The first kappa shape index (κ1) is 20.2. The summed E-state index contributed by atoms with van der Waals surface area (Å²) in [4.78, 5) is 32.6. The molecule has 0 aromatic carbocycles. The van der Waals surface area contributed by atoms with Crippen LogP contribution < -0.4 is 0 Å². The number of ether oxygens (including phenoxy) is 1. The summed E-state index contributed by atoms with van der Waals surface area (Å²) in [5.74, 6) is 0.659. The summed E-state index contributed by atoms with van der Waals surface area (Å²) in [6.45, 7) is 10.1. The molecule has 0 spiro atoms. The molecule has 0 saturated carbocycles. The van der Waals surface area contributed by atoms with E-state index in [2.05, 4.69) is 11.9 Å². The van der Waals surface area contributed by atoms with E-state index >= 15 is 0 Å². The normalized spacial score (nSPS) is 17.7. The molecule has 144 valence electrons. The van der Waals surface area contributed by atoms with Gasteiger partial charge >= 0.3 is 6.09 Å². The number of amides is 2. The van der Waals surface area contributed by atoms with Gasteiger partial charge in [0.15, 0.2) is 0 Å². The summed E-state index contributed by atoms with van der Waals surface area (Å²) < 4.78 is 5.51. The maximum Gasteiger partial charge on any atom is 0.410 e. The van der Waals surface area contributed by atoms with Gasteiger partial charge in [0.1, 0.15) is 5.60 Å². The Kier molecular flexibility index (Phi) is 7.00. The predicted molar refractivity (Wildman–Crippen MR) is 100 cm³/mol. The Morgan fingerprint density at radius 1 is 1.31 bits per heavy atom. The fourth-order valence-electron chi connectivity index (χ4n) is 3.07. The van der Waals surface area contributed by atoms with Crippen LogP contribution in [0.5, 0.6) is 0 Å². The second-order valence-electron chi connectivity index (χ2n) is 8.09. The van der Waals surface area contributed by atoms with Crippen LogP contribution in [0.25, 0.3) is 0 Å². The van der Waals surface area contributed by atoms with Crippen molar-refractivity contribution in [2.75, 3.05) is 19.6 Å². The number of rotatable bonds is 5. The van der Waals surface area contributed by atoms with Crippen molar-refractivity contribution < 1.29 is 14.3 Å². The third-order valence-electron chi connectivity index (χ3n) is 4.38. The molecule has 1 atom stereocenters. The zero-order chi connectivity index (χ0) is 19.2. The predicted octanol–water partition coefficient (Wildman–Crippen LogP) is 3.47. The van der Waals surface area contributed by atoms with Gasteiger partial charge in [-0.15, -0.1) is 0 Å². The van der Waals surface area contributed by atoms with Gasteiger partial charge < -0.3 is 14.5 Å². The lowest BCUT2D eigenvalue weighted by Gasteiger charge is -2.32. The minimum absolute atomic E-state index is 0.111. The van der Waals surface area contributed by atoms with E-state index in [0.29, 0.717) is 25.4 Å². The van der Waals surface area contributed by atoms with E-state index < -0.39 is 11.7 Å². The van der Waals surface area contributed by atoms with Crippen LogP contribution in [0.15, 0.2) is 24.5 Å². The number of aromatic nitrogens is 1. The molecule has 0 aliphatic carbocycles. The summed E-state index contributed by atoms with van der Waals surface area (Å²) in [6.07, 6.45) is 5.55. The molecule has 1 aromatic heterocycles. The van der Waals surface area contributed by atoms with Crippen LogP contribution in [-0.2, 0) is 16.1 Å². The van der Waals surface area contributed by atoms with Crippen molar-refractivity contribution >= 4 is 12.0 Å². The third kappa shape index (κ3) is 6.65. The molecule has 1 unspecified atom stereocenters. The Labute approximate surface area is 156 Å². The van der Waals surface area contributed by atoms with Crippen molar-refractivity contribution in [1.82, 2.24) is 14.8 Å². The zero-order valence-corrected chi connectivity index (χ0v) is 16.4. The fourth-order valence-corrected chi connectivity index (χ4v) is 3.07. The number of carbonyl (C=O) groups excluding carboxylic acids is 2. The average molecular weight is 361 g/mol. The Hall–Kier alpha value is -2.11. The largest absolute Gasteiger partial charge is 0.444 e. The molecule has 1 saturated heterocycles.